The molecule has 2 aromatic rings. The van der Waals surface area contributed by atoms with E-state index < -0.39 is 17.3 Å². The average Bonchev–Trinajstić information content (AvgIpc) is 2.47. The standard InChI is InChI=1S/C16H14O6/c1-6-4-7(17)11-13-10(6)9(21-2)5-8(18)12(13)16(22-3)15(20)14(11)19/h4-5,17,19-20H,1-3H3. The molecule has 0 unspecified atom stereocenters. The zero-order chi connectivity index (χ0) is 16.2. The van der Waals surface area contributed by atoms with Gasteiger partial charge in [0.15, 0.2) is 17.3 Å². The Kier molecular flexibility index (Phi) is 2.91. The highest BCUT2D eigenvalue weighted by Crippen LogP contribution is 2.52. The molecule has 0 saturated heterocycles. The Hall–Kier alpha value is -2.89. The van der Waals surface area contributed by atoms with Gasteiger partial charge in [-0.2, -0.15) is 0 Å². The normalized spacial score (nSPS) is 13.2. The van der Waals surface area contributed by atoms with Crippen molar-refractivity contribution in [2.45, 2.75) is 6.92 Å². The molecule has 3 rings (SSSR count). The molecule has 114 valence electrons. The summed E-state index contributed by atoms with van der Waals surface area (Å²) in [5, 5.41) is 30.7. The number of phenols is 3. The van der Waals surface area contributed by atoms with Crippen molar-refractivity contribution in [1.82, 2.24) is 0 Å². The van der Waals surface area contributed by atoms with E-state index in [4.69, 9.17) is 9.47 Å². The van der Waals surface area contributed by atoms with Crippen LogP contribution in [-0.4, -0.2) is 35.3 Å². The minimum Gasteiger partial charge on any atom is -0.507 e. The summed E-state index contributed by atoms with van der Waals surface area (Å²) in [6.45, 7) is 1.75. The van der Waals surface area contributed by atoms with Crippen LogP contribution in [0.25, 0.3) is 16.5 Å². The molecule has 0 radical (unpaired) electrons. The van der Waals surface area contributed by atoms with Crippen LogP contribution in [0.4, 0.5) is 0 Å². The molecule has 0 aliphatic heterocycles. The summed E-state index contributed by atoms with van der Waals surface area (Å²) in [7, 11) is 2.72. The van der Waals surface area contributed by atoms with Gasteiger partial charge in [-0.3, -0.25) is 4.79 Å². The number of aryl methyl sites for hydroxylation is 1. The number of rotatable bonds is 2. The van der Waals surface area contributed by atoms with Gasteiger partial charge in [0, 0.05) is 17.0 Å². The second-order valence-electron chi connectivity index (χ2n) is 5.02. The zero-order valence-corrected chi connectivity index (χ0v) is 12.2. The third-order valence-electron chi connectivity index (χ3n) is 3.84. The van der Waals surface area contributed by atoms with Crippen molar-refractivity contribution in [3.8, 4) is 23.0 Å². The van der Waals surface area contributed by atoms with E-state index in [1.807, 2.05) is 0 Å². The number of hydrogen-bond acceptors (Lipinski definition) is 6. The molecule has 3 N–H and O–H groups in total. The van der Waals surface area contributed by atoms with Gasteiger partial charge in [-0.15, -0.1) is 0 Å². The predicted molar refractivity (Wildman–Crippen MR) is 79.5 cm³/mol. The van der Waals surface area contributed by atoms with E-state index in [1.165, 1.54) is 26.4 Å². The summed E-state index contributed by atoms with van der Waals surface area (Å²) in [5.41, 5.74) is 1.32. The number of carbonyl (C=O) groups excluding carboxylic acids is 1. The lowest BCUT2D eigenvalue weighted by Gasteiger charge is -2.23. The van der Waals surface area contributed by atoms with Crippen molar-refractivity contribution < 1.29 is 29.6 Å². The van der Waals surface area contributed by atoms with Crippen LogP contribution in [0, 0.1) is 6.92 Å². The molecule has 0 bridgehead atoms. The fourth-order valence-corrected chi connectivity index (χ4v) is 2.92. The number of hydrogen-bond donors (Lipinski definition) is 3. The van der Waals surface area contributed by atoms with Crippen LogP contribution in [0.5, 0.6) is 23.0 Å². The van der Waals surface area contributed by atoms with Crippen LogP contribution >= 0.6 is 0 Å². The molecule has 22 heavy (non-hydrogen) atoms. The van der Waals surface area contributed by atoms with Crippen molar-refractivity contribution in [3.05, 3.63) is 28.8 Å². The molecule has 0 saturated carbocycles. The third-order valence-corrected chi connectivity index (χ3v) is 3.84. The van der Waals surface area contributed by atoms with Crippen molar-refractivity contribution in [2.24, 2.45) is 0 Å². The maximum absolute atomic E-state index is 12.4. The largest absolute Gasteiger partial charge is 0.507 e. The third kappa shape index (κ3) is 1.57. The number of aromatic hydroxyl groups is 3. The van der Waals surface area contributed by atoms with Gasteiger partial charge in [-0.1, -0.05) is 0 Å². The Morgan fingerprint density at radius 2 is 1.64 bits per heavy atom. The fraction of sp³-hybridized carbons (Fsp3) is 0.188. The fourth-order valence-electron chi connectivity index (χ4n) is 2.92. The van der Waals surface area contributed by atoms with E-state index >= 15 is 0 Å². The summed E-state index contributed by atoms with van der Waals surface area (Å²) in [5.74, 6) is -1.61. The molecule has 6 nitrogen and oxygen atoms in total. The maximum Gasteiger partial charge on any atom is 0.202 e. The Labute approximate surface area is 125 Å². The topological polar surface area (TPSA) is 96.2 Å². The molecule has 6 heteroatoms. The highest BCUT2D eigenvalue weighted by Gasteiger charge is 2.32. The van der Waals surface area contributed by atoms with Crippen LogP contribution in [0.3, 0.4) is 0 Å². The smallest absolute Gasteiger partial charge is 0.202 e. The Morgan fingerprint density at radius 1 is 0.955 bits per heavy atom. The number of ketones is 1. The van der Waals surface area contributed by atoms with Gasteiger partial charge >= 0.3 is 0 Å². The van der Waals surface area contributed by atoms with Gasteiger partial charge in [-0.05, 0) is 18.6 Å². The highest BCUT2D eigenvalue weighted by atomic mass is 16.5. The number of methoxy groups -OCH3 is 2. The van der Waals surface area contributed by atoms with Crippen molar-refractivity contribution in [1.29, 1.82) is 0 Å². The molecule has 1 aliphatic carbocycles. The molecule has 1 aliphatic rings. The molecule has 0 heterocycles. The monoisotopic (exact) mass is 302 g/mol. The number of benzene rings is 2. The number of ether oxygens (including phenoxy) is 2. The molecule has 0 aromatic heterocycles. The second kappa shape index (κ2) is 4.56. The number of carbonyl (C=O) groups is 1. The first-order valence-electron chi connectivity index (χ1n) is 6.50. The van der Waals surface area contributed by atoms with Crippen LogP contribution < -0.4 is 4.74 Å². The second-order valence-corrected chi connectivity index (χ2v) is 5.02. The van der Waals surface area contributed by atoms with Gasteiger partial charge in [0.1, 0.15) is 11.5 Å². The van der Waals surface area contributed by atoms with Crippen molar-refractivity contribution >= 4 is 22.3 Å². The summed E-state index contributed by atoms with van der Waals surface area (Å²) >= 11 is 0. The molecular formula is C16H14O6. The molecule has 0 spiro atoms. The number of phenolic OH excluding ortho intramolecular Hbond substituents is 3. The lowest BCUT2D eigenvalue weighted by atomic mass is 9.86. The number of allylic oxidation sites excluding steroid dienone is 1. The molecule has 0 fully saturated rings. The minimum absolute atomic E-state index is 0.00935. The molecule has 2 aromatic carbocycles. The molecule has 0 atom stereocenters. The van der Waals surface area contributed by atoms with E-state index in [2.05, 4.69) is 0 Å². The minimum atomic E-state index is -0.585. The lowest BCUT2D eigenvalue weighted by molar-refractivity contribution is 0.104. The first-order valence-corrected chi connectivity index (χ1v) is 6.50. The van der Waals surface area contributed by atoms with Crippen molar-refractivity contribution in [3.63, 3.8) is 0 Å². The van der Waals surface area contributed by atoms with E-state index in [9.17, 15) is 20.1 Å². The summed E-state index contributed by atoms with van der Waals surface area (Å²) in [6, 6.07) is 1.44. The SMILES string of the molecule is COC1=CC(=O)c2c(OC)c(O)c(O)c3c(O)cc(C)c1c23. The Morgan fingerprint density at radius 3 is 2.23 bits per heavy atom. The van der Waals surface area contributed by atoms with Gasteiger partial charge < -0.3 is 24.8 Å². The average molecular weight is 302 g/mol. The van der Waals surface area contributed by atoms with Crippen LogP contribution in [0.1, 0.15) is 21.5 Å². The van der Waals surface area contributed by atoms with Gasteiger partial charge in [-0.25, -0.2) is 0 Å². The predicted octanol–water partition coefficient (Wildman–Crippen LogP) is 2.46. The quantitative estimate of drug-likeness (QED) is 0.737. The zero-order valence-electron chi connectivity index (χ0n) is 12.2. The van der Waals surface area contributed by atoms with Crippen LogP contribution in [0.15, 0.2) is 12.1 Å². The lowest BCUT2D eigenvalue weighted by Crippen LogP contribution is -2.10. The van der Waals surface area contributed by atoms with E-state index in [1.54, 1.807) is 6.92 Å². The maximum atomic E-state index is 12.4. The molecule has 0 amide bonds. The first-order chi connectivity index (χ1) is 10.4. The van der Waals surface area contributed by atoms with Gasteiger partial charge in [0.25, 0.3) is 0 Å². The van der Waals surface area contributed by atoms with E-state index in [0.29, 0.717) is 22.3 Å². The Balaban J connectivity index is 2.66. The van der Waals surface area contributed by atoms with E-state index in [-0.39, 0.29) is 22.4 Å². The summed E-state index contributed by atoms with van der Waals surface area (Å²) < 4.78 is 10.3. The van der Waals surface area contributed by atoms with Crippen molar-refractivity contribution in [2.75, 3.05) is 14.2 Å². The van der Waals surface area contributed by atoms with Crippen LogP contribution in [0.2, 0.25) is 0 Å². The molecular weight excluding hydrogens is 288 g/mol. The van der Waals surface area contributed by atoms with E-state index in [0.717, 1.165) is 0 Å². The summed E-state index contributed by atoms with van der Waals surface area (Å²) in [6.07, 6.45) is 1.29. The first kappa shape index (κ1) is 14.1. The van der Waals surface area contributed by atoms with Gasteiger partial charge in [0.05, 0.1) is 25.2 Å². The Bertz CT molecular complexity index is 863. The van der Waals surface area contributed by atoms with Gasteiger partial charge in [0.2, 0.25) is 5.75 Å². The highest BCUT2D eigenvalue weighted by molar-refractivity contribution is 6.25. The van der Waals surface area contributed by atoms with Crippen LogP contribution in [-0.2, 0) is 4.74 Å². The summed E-state index contributed by atoms with van der Waals surface area (Å²) in [4.78, 5) is 12.4.